The van der Waals surface area contributed by atoms with Gasteiger partial charge in [-0.3, -0.25) is 4.79 Å². The Hall–Kier alpha value is -0.660. The molecule has 0 saturated carbocycles. The maximum absolute atomic E-state index is 11.8. The van der Waals surface area contributed by atoms with E-state index in [-0.39, 0.29) is 17.9 Å². The average Bonchev–Trinajstić information content (AvgIpc) is 2.20. The molecule has 0 aliphatic carbocycles. The van der Waals surface area contributed by atoms with Crippen molar-refractivity contribution < 1.29 is 13.2 Å². The van der Waals surface area contributed by atoms with Crippen LogP contribution in [0.4, 0.5) is 0 Å². The van der Waals surface area contributed by atoms with Crippen molar-refractivity contribution in [2.24, 2.45) is 11.1 Å². The van der Waals surface area contributed by atoms with Crippen LogP contribution >= 0.6 is 0 Å². The maximum atomic E-state index is 11.8. The first kappa shape index (κ1) is 19.3. The molecule has 6 nitrogen and oxygen atoms in total. The highest BCUT2D eigenvalue weighted by molar-refractivity contribution is 7.88. The van der Waals surface area contributed by atoms with Crippen LogP contribution in [0.15, 0.2) is 0 Å². The molecule has 120 valence electrons. The second kappa shape index (κ2) is 7.38. The summed E-state index contributed by atoms with van der Waals surface area (Å²) in [5, 5.41) is 2.76. The van der Waals surface area contributed by atoms with Crippen LogP contribution in [0.1, 0.15) is 47.0 Å². The molecule has 0 fully saturated rings. The number of carbonyl (C=O) groups is 1. The Kier molecular flexibility index (Phi) is 7.13. The topological polar surface area (TPSA) is 101 Å². The Labute approximate surface area is 122 Å². The van der Waals surface area contributed by atoms with Gasteiger partial charge < -0.3 is 11.1 Å². The normalized spacial score (nSPS) is 13.3. The molecular formula is C13H29N3O3S. The molecule has 0 bridgehead atoms. The first-order valence-electron chi connectivity index (χ1n) is 6.83. The van der Waals surface area contributed by atoms with Crippen molar-refractivity contribution >= 4 is 15.9 Å². The van der Waals surface area contributed by atoms with Gasteiger partial charge in [0.15, 0.2) is 0 Å². The molecule has 0 atom stereocenters. The fraction of sp³-hybridized carbons (Fsp3) is 0.923. The summed E-state index contributed by atoms with van der Waals surface area (Å²) in [5.41, 5.74) is 4.88. The largest absolute Gasteiger partial charge is 0.354 e. The van der Waals surface area contributed by atoms with Crippen LogP contribution in [-0.2, 0) is 14.8 Å². The molecular weight excluding hydrogens is 278 g/mol. The summed E-state index contributed by atoms with van der Waals surface area (Å²) in [6.07, 6.45) is 3.16. The first-order chi connectivity index (χ1) is 8.87. The number of sulfonamides is 1. The lowest BCUT2D eigenvalue weighted by atomic mass is 9.84. The molecule has 20 heavy (non-hydrogen) atoms. The predicted octanol–water partition coefficient (Wildman–Crippen LogP) is 0.586. The van der Waals surface area contributed by atoms with Gasteiger partial charge in [0.25, 0.3) is 0 Å². The zero-order valence-corrected chi connectivity index (χ0v) is 14.1. The number of hydrogen-bond donors (Lipinski definition) is 3. The first-order valence-corrected chi connectivity index (χ1v) is 8.72. The van der Waals surface area contributed by atoms with Gasteiger partial charge in [0.1, 0.15) is 0 Å². The Morgan fingerprint density at radius 1 is 1.15 bits per heavy atom. The summed E-state index contributed by atoms with van der Waals surface area (Å²) in [4.78, 5) is 11.8. The second-order valence-corrected chi connectivity index (χ2v) is 8.49. The molecule has 0 spiro atoms. The third kappa shape index (κ3) is 10.2. The van der Waals surface area contributed by atoms with E-state index >= 15 is 0 Å². The minimum Gasteiger partial charge on any atom is -0.354 e. The maximum Gasteiger partial charge on any atom is 0.220 e. The number of rotatable bonds is 9. The van der Waals surface area contributed by atoms with Gasteiger partial charge in [-0.05, 0) is 38.6 Å². The number of amides is 1. The van der Waals surface area contributed by atoms with Crippen molar-refractivity contribution in [3.63, 3.8) is 0 Å². The molecule has 1 amide bonds. The van der Waals surface area contributed by atoms with Gasteiger partial charge in [0, 0.05) is 18.5 Å². The fourth-order valence-corrected chi connectivity index (χ4v) is 2.99. The van der Waals surface area contributed by atoms with Gasteiger partial charge >= 0.3 is 0 Å². The Morgan fingerprint density at radius 3 is 2.15 bits per heavy atom. The minimum absolute atomic E-state index is 0.0482. The highest BCUT2D eigenvalue weighted by atomic mass is 32.2. The summed E-state index contributed by atoms with van der Waals surface area (Å²) in [5.74, 6) is -0.0709. The van der Waals surface area contributed by atoms with Crippen molar-refractivity contribution in [3.05, 3.63) is 0 Å². The van der Waals surface area contributed by atoms with E-state index in [1.54, 1.807) is 13.8 Å². The van der Waals surface area contributed by atoms with Crippen LogP contribution in [0.2, 0.25) is 0 Å². The van der Waals surface area contributed by atoms with Crippen LogP contribution in [0.3, 0.4) is 0 Å². The molecule has 7 heteroatoms. The quantitative estimate of drug-likeness (QED) is 0.580. The molecule has 0 aromatic rings. The van der Waals surface area contributed by atoms with Gasteiger partial charge in [-0.1, -0.05) is 13.8 Å². The van der Waals surface area contributed by atoms with Crippen LogP contribution in [0.5, 0.6) is 0 Å². The van der Waals surface area contributed by atoms with E-state index in [9.17, 15) is 13.2 Å². The lowest BCUT2D eigenvalue weighted by Gasteiger charge is -2.26. The van der Waals surface area contributed by atoms with Crippen molar-refractivity contribution in [1.82, 2.24) is 10.0 Å². The third-order valence-corrected chi connectivity index (χ3v) is 3.96. The van der Waals surface area contributed by atoms with E-state index in [0.717, 1.165) is 19.1 Å². The summed E-state index contributed by atoms with van der Waals surface area (Å²) < 4.78 is 24.9. The molecule has 0 aliphatic rings. The second-order valence-electron chi connectivity index (χ2n) is 6.74. The summed E-state index contributed by atoms with van der Waals surface area (Å²) in [7, 11) is -3.29. The van der Waals surface area contributed by atoms with Gasteiger partial charge in [-0.2, -0.15) is 0 Å². The molecule has 0 rings (SSSR count). The molecule has 0 radical (unpaired) electrons. The van der Waals surface area contributed by atoms with E-state index in [2.05, 4.69) is 23.9 Å². The SMILES string of the molecule is CC(C)(CCN)CCC(=O)NCC(C)(C)NS(C)(=O)=O. The number of carbonyl (C=O) groups excluding carboxylic acids is 1. The number of hydrogen-bond acceptors (Lipinski definition) is 4. The molecule has 0 aliphatic heterocycles. The fourth-order valence-electron chi connectivity index (χ4n) is 1.91. The van der Waals surface area contributed by atoms with Gasteiger partial charge in [0.2, 0.25) is 15.9 Å². The van der Waals surface area contributed by atoms with Crippen LogP contribution < -0.4 is 15.8 Å². The summed E-state index contributed by atoms with van der Waals surface area (Å²) in [6.45, 7) is 8.50. The highest BCUT2D eigenvalue weighted by Gasteiger charge is 2.23. The lowest BCUT2D eigenvalue weighted by Crippen LogP contribution is -2.51. The molecule has 0 aromatic heterocycles. The molecule has 0 unspecified atom stereocenters. The van der Waals surface area contributed by atoms with Gasteiger partial charge in [-0.15, -0.1) is 0 Å². The van der Waals surface area contributed by atoms with E-state index in [1.165, 1.54) is 0 Å². The zero-order chi connectivity index (χ0) is 16.0. The summed E-state index contributed by atoms with van der Waals surface area (Å²) >= 11 is 0. The van der Waals surface area contributed by atoms with Crippen LogP contribution in [-0.4, -0.2) is 39.2 Å². The van der Waals surface area contributed by atoms with Crippen molar-refractivity contribution in [3.8, 4) is 0 Å². The number of nitrogens with two attached hydrogens (primary N) is 1. The predicted molar refractivity (Wildman–Crippen MR) is 81.8 cm³/mol. The minimum atomic E-state index is -3.29. The standard InChI is InChI=1S/C13H29N3O3S/c1-12(2,8-9-14)7-6-11(17)15-10-13(3,4)16-20(5,18)19/h16H,6-10,14H2,1-5H3,(H,15,17). The molecule has 4 N–H and O–H groups in total. The summed E-state index contributed by atoms with van der Waals surface area (Å²) in [6, 6.07) is 0. The zero-order valence-electron chi connectivity index (χ0n) is 13.2. The lowest BCUT2D eigenvalue weighted by molar-refractivity contribution is -0.121. The van der Waals surface area contributed by atoms with Crippen molar-refractivity contribution in [2.45, 2.75) is 52.5 Å². The highest BCUT2D eigenvalue weighted by Crippen LogP contribution is 2.25. The Balaban J connectivity index is 4.17. The monoisotopic (exact) mass is 307 g/mol. The van der Waals surface area contributed by atoms with E-state index in [1.807, 2.05) is 0 Å². The third-order valence-electron chi connectivity index (χ3n) is 3.04. The smallest absolute Gasteiger partial charge is 0.220 e. The van der Waals surface area contributed by atoms with E-state index in [0.29, 0.717) is 13.0 Å². The van der Waals surface area contributed by atoms with Crippen LogP contribution in [0.25, 0.3) is 0 Å². The van der Waals surface area contributed by atoms with Crippen molar-refractivity contribution in [1.29, 1.82) is 0 Å². The van der Waals surface area contributed by atoms with Crippen LogP contribution in [0, 0.1) is 5.41 Å². The molecule has 0 saturated heterocycles. The van der Waals surface area contributed by atoms with Gasteiger partial charge in [-0.25, -0.2) is 13.1 Å². The Morgan fingerprint density at radius 2 is 1.70 bits per heavy atom. The average molecular weight is 307 g/mol. The molecule has 0 heterocycles. The molecule has 0 aromatic carbocycles. The van der Waals surface area contributed by atoms with E-state index < -0.39 is 15.6 Å². The van der Waals surface area contributed by atoms with Crippen molar-refractivity contribution in [2.75, 3.05) is 19.3 Å². The van der Waals surface area contributed by atoms with E-state index in [4.69, 9.17) is 5.73 Å². The number of nitrogens with one attached hydrogen (secondary N) is 2. The van der Waals surface area contributed by atoms with Gasteiger partial charge in [0.05, 0.1) is 6.26 Å². The Bertz CT molecular complexity index is 417.